The number of ether oxygens (including phenoxy) is 1. The van der Waals surface area contributed by atoms with Crippen molar-refractivity contribution >= 4 is 11.6 Å². The van der Waals surface area contributed by atoms with Crippen LogP contribution < -0.4 is 15.0 Å². The van der Waals surface area contributed by atoms with Gasteiger partial charge in [-0.25, -0.2) is 0 Å². The third kappa shape index (κ3) is 5.44. The first-order chi connectivity index (χ1) is 15.2. The number of rotatable bonds is 7. The van der Waals surface area contributed by atoms with Crippen LogP contribution in [0, 0.1) is 0 Å². The number of anilines is 1. The molecule has 1 fully saturated rings. The number of nitrogens with zero attached hydrogens (tertiary/aromatic N) is 2. The molecule has 3 aromatic carbocycles. The highest BCUT2D eigenvalue weighted by molar-refractivity contribution is 5.95. The zero-order chi connectivity index (χ0) is 21.5. The van der Waals surface area contributed by atoms with Crippen LogP contribution in [0.2, 0.25) is 0 Å². The predicted octanol–water partition coefficient (Wildman–Crippen LogP) is 3.95. The fourth-order valence-electron chi connectivity index (χ4n) is 3.83. The molecule has 160 valence electrons. The molecule has 3 aromatic rings. The minimum atomic E-state index is -0.0829. The summed E-state index contributed by atoms with van der Waals surface area (Å²) in [6.45, 7) is 4.95. The fraction of sp³-hybridized carbons (Fsp3) is 0.269. The molecule has 0 aromatic heterocycles. The molecule has 0 saturated carbocycles. The summed E-state index contributed by atoms with van der Waals surface area (Å²) in [5, 5.41) is 3.11. The van der Waals surface area contributed by atoms with E-state index in [0.29, 0.717) is 18.7 Å². The molecule has 31 heavy (non-hydrogen) atoms. The first-order valence-corrected chi connectivity index (χ1v) is 10.8. The summed E-state index contributed by atoms with van der Waals surface area (Å²) in [6, 6.07) is 25.6. The Morgan fingerprint density at radius 1 is 0.839 bits per heavy atom. The summed E-state index contributed by atoms with van der Waals surface area (Å²) in [7, 11) is 2.16. The van der Waals surface area contributed by atoms with E-state index in [2.05, 4.69) is 40.4 Å². The standard InChI is InChI=1S/C26H29N3O2/c1-28-15-17-29(18-16-28)25-14-8-6-9-21(25)19-27-26(30)24-13-7-5-10-22(24)20-31-23-11-3-2-4-12-23/h2-14H,15-20H2,1H3,(H,27,30). The van der Waals surface area contributed by atoms with Crippen molar-refractivity contribution in [2.75, 3.05) is 38.1 Å². The predicted molar refractivity (Wildman–Crippen MR) is 125 cm³/mol. The number of likely N-dealkylation sites (N-methyl/N-ethyl adjacent to an activating group) is 1. The number of nitrogens with one attached hydrogen (secondary N) is 1. The van der Waals surface area contributed by atoms with Crippen molar-refractivity contribution in [1.82, 2.24) is 10.2 Å². The Bertz CT molecular complexity index is 998. The van der Waals surface area contributed by atoms with E-state index < -0.39 is 0 Å². The number of carbonyl (C=O) groups excluding carboxylic acids is 1. The Balaban J connectivity index is 1.42. The lowest BCUT2D eigenvalue weighted by atomic mass is 10.1. The molecule has 1 aliphatic heterocycles. The quantitative estimate of drug-likeness (QED) is 0.635. The number of benzene rings is 3. The molecule has 0 atom stereocenters. The topological polar surface area (TPSA) is 44.8 Å². The molecule has 1 amide bonds. The maximum Gasteiger partial charge on any atom is 0.251 e. The van der Waals surface area contributed by atoms with Gasteiger partial charge in [0.1, 0.15) is 12.4 Å². The van der Waals surface area contributed by atoms with Gasteiger partial charge in [0.2, 0.25) is 0 Å². The van der Waals surface area contributed by atoms with Crippen molar-refractivity contribution in [3.05, 3.63) is 95.6 Å². The Kier molecular flexibility index (Phi) is 6.85. The SMILES string of the molecule is CN1CCN(c2ccccc2CNC(=O)c2ccccc2COc2ccccc2)CC1. The maximum absolute atomic E-state index is 13.0. The normalized spacial score (nSPS) is 14.3. The smallest absolute Gasteiger partial charge is 0.251 e. The van der Waals surface area contributed by atoms with E-state index in [9.17, 15) is 4.79 Å². The van der Waals surface area contributed by atoms with E-state index in [1.807, 2.05) is 60.7 Å². The number of hydrogen-bond acceptors (Lipinski definition) is 4. The number of para-hydroxylation sites is 2. The van der Waals surface area contributed by atoms with E-state index in [1.54, 1.807) is 0 Å². The first kappa shape index (κ1) is 20.9. The molecule has 5 heteroatoms. The molecule has 1 aliphatic rings. The van der Waals surface area contributed by atoms with Crippen LogP contribution in [0.25, 0.3) is 0 Å². The van der Waals surface area contributed by atoms with Crippen LogP contribution in [0.5, 0.6) is 5.75 Å². The molecule has 5 nitrogen and oxygen atoms in total. The zero-order valence-electron chi connectivity index (χ0n) is 18.0. The van der Waals surface area contributed by atoms with E-state index in [-0.39, 0.29) is 5.91 Å². The van der Waals surface area contributed by atoms with Gasteiger partial charge in [0.25, 0.3) is 5.91 Å². The average Bonchev–Trinajstić information content (AvgIpc) is 2.83. The number of piperazine rings is 1. The van der Waals surface area contributed by atoms with Crippen LogP contribution in [0.15, 0.2) is 78.9 Å². The van der Waals surface area contributed by atoms with E-state index in [4.69, 9.17) is 4.74 Å². The van der Waals surface area contributed by atoms with Gasteiger partial charge in [-0.05, 0) is 36.9 Å². The average molecular weight is 416 g/mol. The van der Waals surface area contributed by atoms with Crippen molar-refractivity contribution in [2.45, 2.75) is 13.2 Å². The van der Waals surface area contributed by atoms with Gasteiger partial charge in [0.15, 0.2) is 0 Å². The van der Waals surface area contributed by atoms with Gasteiger partial charge in [-0.3, -0.25) is 4.79 Å². The molecule has 0 radical (unpaired) electrons. The lowest BCUT2D eigenvalue weighted by Gasteiger charge is -2.35. The number of amides is 1. The summed E-state index contributed by atoms with van der Waals surface area (Å²) < 4.78 is 5.86. The Hall–Kier alpha value is -3.31. The largest absolute Gasteiger partial charge is 0.489 e. The summed E-state index contributed by atoms with van der Waals surface area (Å²) in [5.74, 6) is 0.708. The van der Waals surface area contributed by atoms with Crippen LogP contribution in [-0.4, -0.2) is 44.0 Å². The fourth-order valence-corrected chi connectivity index (χ4v) is 3.83. The minimum absolute atomic E-state index is 0.0829. The van der Waals surface area contributed by atoms with Crippen LogP contribution in [0.3, 0.4) is 0 Å². The van der Waals surface area contributed by atoms with E-state index in [0.717, 1.165) is 43.1 Å². The molecule has 0 spiro atoms. The molecule has 4 rings (SSSR count). The van der Waals surface area contributed by atoms with Crippen LogP contribution >= 0.6 is 0 Å². The molecule has 1 saturated heterocycles. The van der Waals surface area contributed by atoms with Gasteiger partial charge < -0.3 is 19.9 Å². The highest BCUT2D eigenvalue weighted by Gasteiger charge is 2.17. The molecule has 0 bridgehead atoms. The Morgan fingerprint density at radius 3 is 2.26 bits per heavy atom. The minimum Gasteiger partial charge on any atom is -0.489 e. The summed E-state index contributed by atoms with van der Waals surface area (Å²) in [5.41, 5.74) is 3.86. The van der Waals surface area contributed by atoms with Crippen LogP contribution in [0.4, 0.5) is 5.69 Å². The number of carbonyl (C=O) groups is 1. The van der Waals surface area contributed by atoms with Gasteiger partial charge in [-0.15, -0.1) is 0 Å². The van der Waals surface area contributed by atoms with E-state index in [1.165, 1.54) is 5.69 Å². The molecule has 1 heterocycles. The van der Waals surface area contributed by atoms with Crippen molar-refractivity contribution in [3.8, 4) is 5.75 Å². The second kappa shape index (κ2) is 10.1. The van der Waals surface area contributed by atoms with Crippen molar-refractivity contribution in [1.29, 1.82) is 0 Å². The summed E-state index contributed by atoms with van der Waals surface area (Å²) >= 11 is 0. The lowest BCUT2D eigenvalue weighted by molar-refractivity contribution is 0.0948. The molecule has 0 aliphatic carbocycles. The van der Waals surface area contributed by atoms with Gasteiger partial charge in [-0.1, -0.05) is 54.6 Å². The molecule has 0 unspecified atom stereocenters. The molecular weight excluding hydrogens is 386 g/mol. The second-order valence-corrected chi connectivity index (χ2v) is 7.86. The van der Waals surface area contributed by atoms with Crippen LogP contribution in [-0.2, 0) is 13.2 Å². The zero-order valence-corrected chi connectivity index (χ0v) is 18.0. The third-order valence-corrected chi connectivity index (χ3v) is 5.67. The molecular formula is C26H29N3O2. The highest BCUT2D eigenvalue weighted by Crippen LogP contribution is 2.22. The first-order valence-electron chi connectivity index (χ1n) is 10.8. The maximum atomic E-state index is 13.0. The van der Waals surface area contributed by atoms with Crippen LogP contribution in [0.1, 0.15) is 21.5 Å². The Morgan fingerprint density at radius 2 is 1.48 bits per heavy atom. The molecule has 1 N–H and O–H groups in total. The summed E-state index contributed by atoms with van der Waals surface area (Å²) in [4.78, 5) is 17.7. The highest BCUT2D eigenvalue weighted by atomic mass is 16.5. The van der Waals surface area contributed by atoms with Gasteiger partial charge in [-0.2, -0.15) is 0 Å². The lowest BCUT2D eigenvalue weighted by Crippen LogP contribution is -2.45. The van der Waals surface area contributed by atoms with Gasteiger partial charge >= 0.3 is 0 Å². The van der Waals surface area contributed by atoms with Crippen molar-refractivity contribution in [2.24, 2.45) is 0 Å². The second-order valence-electron chi connectivity index (χ2n) is 7.86. The van der Waals surface area contributed by atoms with E-state index >= 15 is 0 Å². The monoisotopic (exact) mass is 415 g/mol. The Labute approximate surface area is 184 Å². The van der Waals surface area contributed by atoms with Crippen molar-refractivity contribution in [3.63, 3.8) is 0 Å². The number of hydrogen-bond donors (Lipinski definition) is 1. The summed E-state index contributed by atoms with van der Waals surface area (Å²) in [6.07, 6.45) is 0. The van der Waals surface area contributed by atoms with Gasteiger partial charge in [0.05, 0.1) is 0 Å². The van der Waals surface area contributed by atoms with Gasteiger partial charge in [0, 0.05) is 49.5 Å². The third-order valence-electron chi connectivity index (χ3n) is 5.67. The van der Waals surface area contributed by atoms with Crippen molar-refractivity contribution < 1.29 is 9.53 Å².